The molecule has 0 spiro atoms. The molecule has 2 aromatic heterocycles. The lowest BCUT2D eigenvalue weighted by atomic mass is 9.89. The van der Waals surface area contributed by atoms with Gasteiger partial charge in [-0.25, -0.2) is 4.68 Å². The van der Waals surface area contributed by atoms with Crippen molar-refractivity contribution in [3.8, 4) is 11.4 Å². The van der Waals surface area contributed by atoms with E-state index in [0.29, 0.717) is 11.7 Å². The highest BCUT2D eigenvalue weighted by molar-refractivity contribution is 5.79. The smallest absolute Gasteiger partial charge is 0.230 e. The molecule has 0 atom stereocenters. The topological polar surface area (TPSA) is 69.6 Å². The minimum absolute atomic E-state index is 0.432. The molecule has 0 bridgehead atoms. The van der Waals surface area contributed by atoms with Gasteiger partial charge >= 0.3 is 0 Å². The summed E-state index contributed by atoms with van der Waals surface area (Å²) in [6.07, 6.45) is 6.16. The molecule has 1 fully saturated rings. The number of aryl methyl sites for hydroxylation is 1. The molecular formula is C16H19N5O. The van der Waals surface area contributed by atoms with Crippen LogP contribution in [0.1, 0.15) is 50.8 Å². The van der Waals surface area contributed by atoms with Crippen molar-refractivity contribution in [2.75, 3.05) is 0 Å². The van der Waals surface area contributed by atoms with Gasteiger partial charge in [-0.05, 0) is 38.0 Å². The van der Waals surface area contributed by atoms with Crippen LogP contribution in [-0.2, 0) is 6.54 Å². The number of hydrogen-bond donors (Lipinski definition) is 0. The Morgan fingerprint density at radius 2 is 2.09 bits per heavy atom. The van der Waals surface area contributed by atoms with E-state index in [1.807, 2.05) is 22.9 Å². The van der Waals surface area contributed by atoms with Crippen molar-refractivity contribution in [3.05, 3.63) is 24.1 Å². The summed E-state index contributed by atoms with van der Waals surface area (Å²) in [6, 6.07) is 5.97. The number of nitrogens with zero attached hydrogens (tertiary/aromatic N) is 5. The lowest BCUT2D eigenvalue weighted by Gasteiger charge is -2.17. The Balaban J connectivity index is 1.68. The number of aromatic nitrogens is 5. The molecule has 0 aliphatic heterocycles. The minimum Gasteiger partial charge on any atom is -0.339 e. The van der Waals surface area contributed by atoms with Gasteiger partial charge in [0.25, 0.3) is 0 Å². The lowest BCUT2D eigenvalue weighted by Crippen LogP contribution is -2.04. The van der Waals surface area contributed by atoms with Crippen LogP contribution < -0.4 is 0 Å². The van der Waals surface area contributed by atoms with Gasteiger partial charge in [-0.2, -0.15) is 4.98 Å². The summed E-state index contributed by atoms with van der Waals surface area (Å²) in [5.74, 6) is 1.88. The zero-order valence-corrected chi connectivity index (χ0v) is 12.7. The van der Waals surface area contributed by atoms with Crippen molar-refractivity contribution in [3.63, 3.8) is 0 Å². The quantitative estimate of drug-likeness (QED) is 0.739. The van der Waals surface area contributed by atoms with Crippen molar-refractivity contribution in [1.82, 2.24) is 25.1 Å². The third-order valence-electron chi connectivity index (χ3n) is 4.47. The average Bonchev–Trinajstić information content (AvgIpc) is 3.22. The summed E-state index contributed by atoms with van der Waals surface area (Å²) >= 11 is 0. The first kappa shape index (κ1) is 13.4. The van der Waals surface area contributed by atoms with E-state index in [4.69, 9.17) is 4.52 Å². The number of benzene rings is 1. The average molecular weight is 297 g/mol. The van der Waals surface area contributed by atoms with Gasteiger partial charge in [0.15, 0.2) is 0 Å². The molecule has 1 aliphatic rings. The Morgan fingerprint density at radius 1 is 1.23 bits per heavy atom. The van der Waals surface area contributed by atoms with Crippen LogP contribution in [0.5, 0.6) is 0 Å². The first-order valence-corrected chi connectivity index (χ1v) is 8.02. The fourth-order valence-corrected chi connectivity index (χ4v) is 3.21. The normalized spacial score (nSPS) is 16.4. The van der Waals surface area contributed by atoms with E-state index in [1.165, 1.54) is 19.3 Å². The summed E-state index contributed by atoms with van der Waals surface area (Å²) < 4.78 is 7.39. The van der Waals surface area contributed by atoms with Crippen molar-refractivity contribution in [2.24, 2.45) is 0 Å². The van der Waals surface area contributed by atoms with Gasteiger partial charge in [-0.3, -0.25) is 0 Å². The third-order valence-corrected chi connectivity index (χ3v) is 4.47. The molecule has 6 nitrogen and oxygen atoms in total. The summed E-state index contributed by atoms with van der Waals surface area (Å²) in [4.78, 5) is 4.62. The van der Waals surface area contributed by atoms with Gasteiger partial charge in [0, 0.05) is 18.0 Å². The van der Waals surface area contributed by atoms with E-state index in [-0.39, 0.29) is 0 Å². The van der Waals surface area contributed by atoms with Crippen molar-refractivity contribution in [1.29, 1.82) is 0 Å². The van der Waals surface area contributed by atoms with E-state index in [0.717, 1.165) is 41.9 Å². The van der Waals surface area contributed by atoms with Crippen molar-refractivity contribution in [2.45, 2.75) is 51.5 Å². The monoisotopic (exact) mass is 297 g/mol. The number of fused-ring (bicyclic) bond motifs is 1. The summed E-state index contributed by atoms with van der Waals surface area (Å²) in [5, 5.41) is 12.5. The fraction of sp³-hybridized carbons (Fsp3) is 0.500. The number of hydrogen-bond acceptors (Lipinski definition) is 5. The first-order valence-electron chi connectivity index (χ1n) is 8.02. The molecule has 3 aromatic rings. The second-order valence-electron chi connectivity index (χ2n) is 5.90. The first-order chi connectivity index (χ1) is 10.8. The highest BCUT2D eigenvalue weighted by atomic mass is 16.5. The van der Waals surface area contributed by atoms with Crippen LogP contribution in [0, 0.1) is 0 Å². The van der Waals surface area contributed by atoms with Gasteiger partial charge in [-0.15, -0.1) is 5.10 Å². The molecule has 22 heavy (non-hydrogen) atoms. The molecule has 1 aliphatic carbocycles. The van der Waals surface area contributed by atoms with Gasteiger partial charge in [-0.1, -0.05) is 29.6 Å². The molecule has 0 amide bonds. The zero-order valence-electron chi connectivity index (χ0n) is 12.7. The van der Waals surface area contributed by atoms with Crippen LogP contribution >= 0.6 is 0 Å². The van der Waals surface area contributed by atoms with Gasteiger partial charge in [0.2, 0.25) is 11.7 Å². The Morgan fingerprint density at radius 3 is 2.91 bits per heavy atom. The van der Waals surface area contributed by atoms with Crippen LogP contribution in [-0.4, -0.2) is 25.1 Å². The lowest BCUT2D eigenvalue weighted by molar-refractivity contribution is 0.314. The zero-order chi connectivity index (χ0) is 14.9. The SMILES string of the molecule is CCn1nnc2ccc(-c3noc(C4CCCCC4)n3)cc21. The van der Waals surface area contributed by atoms with E-state index < -0.39 is 0 Å². The largest absolute Gasteiger partial charge is 0.339 e. The molecule has 4 rings (SSSR count). The maximum absolute atomic E-state index is 5.51. The number of rotatable bonds is 3. The van der Waals surface area contributed by atoms with Crippen LogP contribution in [0.2, 0.25) is 0 Å². The Labute approximate surface area is 128 Å². The van der Waals surface area contributed by atoms with Gasteiger partial charge in [0.1, 0.15) is 5.52 Å². The molecule has 1 saturated carbocycles. The highest BCUT2D eigenvalue weighted by Gasteiger charge is 2.22. The van der Waals surface area contributed by atoms with E-state index in [1.54, 1.807) is 0 Å². The van der Waals surface area contributed by atoms with Crippen LogP contribution in [0.25, 0.3) is 22.4 Å². The van der Waals surface area contributed by atoms with Crippen LogP contribution in [0.15, 0.2) is 22.7 Å². The molecule has 2 heterocycles. The maximum Gasteiger partial charge on any atom is 0.230 e. The predicted molar refractivity (Wildman–Crippen MR) is 82.3 cm³/mol. The van der Waals surface area contributed by atoms with E-state index in [9.17, 15) is 0 Å². The van der Waals surface area contributed by atoms with Crippen LogP contribution in [0.4, 0.5) is 0 Å². The van der Waals surface area contributed by atoms with Gasteiger partial charge < -0.3 is 4.52 Å². The molecule has 0 N–H and O–H groups in total. The van der Waals surface area contributed by atoms with E-state index >= 15 is 0 Å². The standard InChI is InChI=1S/C16H19N5O/c1-2-21-14-10-12(8-9-13(14)18-20-21)15-17-16(22-19-15)11-6-4-3-5-7-11/h8-11H,2-7H2,1H3. The van der Waals surface area contributed by atoms with E-state index in [2.05, 4.69) is 27.4 Å². The maximum atomic E-state index is 5.51. The van der Waals surface area contributed by atoms with Crippen LogP contribution in [0.3, 0.4) is 0 Å². The highest BCUT2D eigenvalue weighted by Crippen LogP contribution is 2.32. The summed E-state index contributed by atoms with van der Waals surface area (Å²) in [5.41, 5.74) is 2.85. The Kier molecular flexibility index (Phi) is 3.36. The van der Waals surface area contributed by atoms with Crippen molar-refractivity contribution >= 4 is 11.0 Å². The predicted octanol–water partition coefficient (Wildman–Crippen LogP) is 3.55. The second-order valence-corrected chi connectivity index (χ2v) is 5.90. The third kappa shape index (κ3) is 2.28. The summed E-state index contributed by atoms with van der Waals surface area (Å²) in [6.45, 7) is 2.84. The fourth-order valence-electron chi connectivity index (χ4n) is 3.21. The molecule has 1 aromatic carbocycles. The van der Waals surface area contributed by atoms with Crippen molar-refractivity contribution < 1.29 is 4.52 Å². The molecule has 6 heteroatoms. The molecule has 0 unspecified atom stereocenters. The second kappa shape index (κ2) is 5.51. The molecular weight excluding hydrogens is 278 g/mol. The Hall–Kier alpha value is -2.24. The molecule has 0 saturated heterocycles. The molecule has 0 radical (unpaired) electrons. The Bertz CT molecular complexity index is 785. The van der Waals surface area contributed by atoms with Gasteiger partial charge in [0.05, 0.1) is 5.52 Å². The molecule has 114 valence electrons. The minimum atomic E-state index is 0.432. The summed E-state index contributed by atoms with van der Waals surface area (Å²) in [7, 11) is 0.